The molecule has 322 valence electrons. The summed E-state index contributed by atoms with van der Waals surface area (Å²) in [5.74, 6) is -3.45. The van der Waals surface area contributed by atoms with Gasteiger partial charge in [0.2, 0.25) is 23.6 Å². The number of rotatable bonds is 12. The SMILES string of the molecule is CCCC[C@@H](C)C[C@@H]1NC(=O)[C@H](Cc2ccccc2)N(C)C(=O)[C@H](CC(C)C)NC(O)[C@H](CC(C)C)N(C)C(=O)[C@H](CC)NC(=O)[C@@H](C)OC(=O)[C@H](C)N(C)C1=O. The highest BCUT2D eigenvalue weighted by molar-refractivity contribution is 5.95. The molecule has 0 bridgehead atoms. The van der Waals surface area contributed by atoms with Gasteiger partial charge in [-0.2, -0.15) is 0 Å². The van der Waals surface area contributed by atoms with Gasteiger partial charge in [-0.25, -0.2) is 4.79 Å². The van der Waals surface area contributed by atoms with Crippen LogP contribution in [0.15, 0.2) is 30.3 Å². The van der Waals surface area contributed by atoms with Gasteiger partial charge in [0, 0.05) is 27.6 Å². The number of ether oxygens (including phenoxy) is 1. The Morgan fingerprint density at radius 1 is 0.719 bits per heavy atom. The van der Waals surface area contributed by atoms with Crippen molar-refractivity contribution in [2.24, 2.45) is 17.8 Å². The molecule has 57 heavy (non-hydrogen) atoms. The number of carbonyl (C=O) groups excluding carboxylic acids is 6. The molecule has 1 aromatic carbocycles. The fourth-order valence-corrected chi connectivity index (χ4v) is 7.17. The molecule has 0 saturated carbocycles. The number of nitrogens with one attached hydrogen (secondary N) is 3. The number of benzene rings is 1. The maximum absolute atomic E-state index is 14.6. The molecule has 0 aliphatic carbocycles. The lowest BCUT2D eigenvalue weighted by Crippen LogP contribution is -2.61. The summed E-state index contributed by atoms with van der Waals surface area (Å²) < 4.78 is 5.53. The number of aliphatic hydroxyl groups excluding tert-OH is 1. The summed E-state index contributed by atoms with van der Waals surface area (Å²) >= 11 is 0. The lowest BCUT2D eigenvalue weighted by atomic mass is 9.94. The van der Waals surface area contributed by atoms with E-state index in [0.717, 1.165) is 24.8 Å². The molecule has 1 saturated heterocycles. The first-order valence-electron chi connectivity index (χ1n) is 20.8. The van der Waals surface area contributed by atoms with Crippen LogP contribution < -0.4 is 16.0 Å². The van der Waals surface area contributed by atoms with Crippen molar-refractivity contribution in [3.8, 4) is 0 Å². The zero-order valence-corrected chi connectivity index (χ0v) is 36.5. The van der Waals surface area contributed by atoms with Gasteiger partial charge in [0.1, 0.15) is 30.4 Å². The van der Waals surface area contributed by atoms with Crippen molar-refractivity contribution in [1.29, 1.82) is 0 Å². The monoisotopic (exact) mass is 801 g/mol. The molecule has 0 aromatic heterocycles. The second-order valence-corrected chi connectivity index (χ2v) is 16.8. The lowest BCUT2D eigenvalue weighted by molar-refractivity contribution is -0.162. The molecule has 14 heteroatoms. The zero-order valence-electron chi connectivity index (χ0n) is 36.5. The van der Waals surface area contributed by atoms with Crippen LogP contribution in [0.5, 0.6) is 0 Å². The van der Waals surface area contributed by atoms with Gasteiger partial charge in [0.05, 0.1) is 12.1 Å². The number of carbonyl (C=O) groups is 6. The van der Waals surface area contributed by atoms with E-state index in [1.54, 1.807) is 21.0 Å². The van der Waals surface area contributed by atoms with E-state index >= 15 is 0 Å². The topological polar surface area (TPSA) is 178 Å². The smallest absolute Gasteiger partial charge is 0.329 e. The molecule has 0 spiro atoms. The first-order valence-corrected chi connectivity index (χ1v) is 20.8. The van der Waals surface area contributed by atoms with Gasteiger partial charge in [-0.15, -0.1) is 0 Å². The molecule has 9 atom stereocenters. The Morgan fingerprint density at radius 3 is 1.84 bits per heavy atom. The number of hydrogen-bond donors (Lipinski definition) is 4. The van der Waals surface area contributed by atoms with E-state index in [-0.39, 0.29) is 37.0 Å². The summed E-state index contributed by atoms with van der Waals surface area (Å²) in [4.78, 5) is 88.2. The van der Waals surface area contributed by atoms with Crippen molar-refractivity contribution < 1.29 is 38.6 Å². The van der Waals surface area contributed by atoms with Crippen LogP contribution in [0.1, 0.15) is 113 Å². The number of nitrogens with zero attached hydrogens (tertiary/aromatic N) is 3. The van der Waals surface area contributed by atoms with Crippen molar-refractivity contribution in [1.82, 2.24) is 30.7 Å². The molecular formula is C43H72N6O8. The van der Waals surface area contributed by atoms with E-state index in [2.05, 4.69) is 22.9 Å². The molecule has 1 fully saturated rings. The van der Waals surface area contributed by atoms with Gasteiger partial charge in [0.25, 0.3) is 5.91 Å². The third kappa shape index (κ3) is 14.7. The summed E-state index contributed by atoms with van der Waals surface area (Å²) in [5, 5.41) is 20.6. The highest BCUT2D eigenvalue weighted by Crippen LogP contribution is 2.21. The number of esters is 1. The number of likely N-dealkylation sites (N-methyl/N-ethyl adjacent to an activating group) is 3. The van der Waals surface area contributed by atoms with Crippen LogP contribution >= 0.6 is 0 Å². The molecule has 5 amide bonds. The minimum absolute atomic E-state index is 0.00146. The fraction of sp³-hybridized carbons (Fsp3) is 0.721. The predicted molar refractivity (Wildman–Crippen MR) is 220 cm³/mol. The normalized spacial score (nSPS) is 27.6. The van der Waals surface area contributed by atoms with Gasteiger partial charge in [-0.05, 0) is 62.8 Å². The van der Waals surface area contributed by atoms with Crippen LogP contribution in [0.3, 0.4) is 0 Å². The van der Waals surface area contributed by atoms with Crippen LogP contribution in [-0.2, 0) is 39.9 Å². The van der Waals surface area contributed by atoms with Crippen LogP contribution in [0.25, 0.3) is 0 Å². The molecule has 1 unspecified atom stereocenters. The van der Waals surface area contributed by atoms with E-state index in [1.807, 2.05) is 65.0 Å². The minimum Gasteiger partial charge on any atom is -0.451 e. The van der Waals surface area contributed by atoms with Crippen molar-refractivity contribution in [2.75, 3.05) is 21.1 Å². The Morgan fingerprint density at radius 2 is 1.28 bits per heavy atom. The molecule has 1 aliphatic rings. The fourth-order valence-electron chi connectivity index (χ4n) is 7.17. The number of cyclic esters (lactones) is 1. The van der Waals surface area contributed by atoms with Crippen LogP contribution in [-0.4, -0.2) is 125 Å². The molecule has 1 aromatic rings. The molecule has 0 radical (unpaired) electrons. The Bertz CT molecular complexity index is 1470. The minimum atomic E-state index is -1.37. The molecule has 14 nitrogen and oxygen atoms in total. The van der Waals surface area contributed by atoms with E-state index in [1.165, 1.54) is 35.6 Å². The summed E-state index contributed by atoms with van der Waals surface area (Å²) in [7, 11) is 4.55. The van der Waals surface area contributed by atoms with Crippen LogP contribution in [0.2, 0.25) is 0 Å². The summed E-state index contributed by atoms with van der Waals surface area (Å²) in [6.45, 7) is 16.5. The summed E-state index contributed by atoms with van der Waals surface area (Å²) in [6, 6.07) is 3.28. The Balaban J connectivity index is 2.78. The highest BCUT2D eigenvalue weighted by Gasteiger charge is 2.39. The second kappa shape index (κ2) is 23.4. The van der Waals surface area contributed by atoms with Gasteiger partial charge >= 0.3 is 5.97 Å². The molecular weight excluding hydrogens is 729 g/mol. The molecule has 4 N–H and O–H groups in total. The average molecular weight is 801 g/mol. The largest absolute Gasteiger partial charge is 0.451 e. The van der Waals surface area contributed by atoms with Crippen LogP contribution in [0.4, 0.5) is 0 Å². The maximum atomic E-state index is 14.6. The lowest BCUT2D eigenvalue weighted by Gasteiger charge is -2.38. The quantitative estimate of drug-likeness (QED) is 0.230. The molecule has 1 aliphatic heterocycles. The predicted octanol–water partition coefficient (Wildman–Crippen LogP) is 3.64. The van der Waals surface area contributed by atoms with Crippen molar-refractivity contribution in [3.63, 3.8) is 0 Å². The Labute approximate surface area is 341 Å². The van der Waals surface area contributed by atoms with E-state index in [9.17, 15) is 33.9 Å². The van der Waals surface area contributed by atoms with Crippen molar-refractivity contribution >= 4 is 35.5 Å². The van der Waals surface area contributed by atoms with Gasteiger partial charge in [-0.3, -0.25) is 29.3 Å². The average Bonchev–Trinajstić information content (AvgIpc) is 3.17. The number of unbranched alkanes of at least 4 members (excludes halogenated alkanes) is 1. The van der Waals surface area contributed by atoms with Crippen molar-refractivity contribution in [3.05, 3.63) is 35.9 Å². The summed E-state index contributed by atoms with van der Waals surface area (Å²) in [6.07, 6.45) is 1.34. The third-order valence-electron chi connectivity index (χ3n) is 10.9. The van der Waals surface area contributed by atoms with Crippen molar-refractivity contribution in [2.45, 2.75) is 162 Å². The van der Waals surface area contributed by atoms with Gasteiger partial charge in [-0.1, -0.05) is 98.1 Å². The summed E-state index contributed by atoms with van der Waals surface area (Å²) in [5.41, 5.74) is 0.795. The van der Waals surface area contributed by atoms with Crippen LogP contribution in [0, 0.1) is 17.8 Å². The highest BCUT2D eigenvalue weighted by atomic mass is 16.5. The van der Waals surface area contributed by atoms with E-state index in [4.69, 9.17) is 4.74 Å². The molecule has 2 rings (SSSR count). The Hall–Kier alpha value is -4.04. The number of hydrogen-bond acceptors (Lipinski definition) is 9. The van der Waals surface area contributed by atoms with Gasteiger partial charge < -0.3 is 35.2 Å². The standard InChI is InChI=1S/C43H72N6O8/c1-13-15-19-28(7)24-34-41(54)47(10)29(8)43(56)57-30(9)37(50)44-32(14-2)40(53)48(11)35(23-27(5)6)38(51)45-33(22-26(3)4)42(55)49(12)36(39(52)46-34)25-31-20-17-16-18-21-31/h16-18,20-21,26-30,32-36,38,45,51H,13-15,19,22-25H2,1-12H3,(H,44,50)(H,46,52)/t28-,29+,30-,32+,33+,34+,35+,36+,38?/m1/s1. The Kier molecular flexibility index (Phi) is 20.1. The van der Waals surface area contributed by atoms with E-state index in [0.29, 0.717) is 12.8 Å². The second-order valence-electron chi connectivity index (χ2n) is 16.8. The number of amides is 5. The van der Waals surface area contributed by atoms with E-state index < -0.39 is 84.1 Å². The first kappa shape index (κ1) is 49.1. The van der Waals surface area contributed by atoms with Gasteiger partial charge in [0.15, 0.2) is 6.10 Å². The first-order chi connectivity index (χ1) is 26.7. The molecule has 1 heterocycles. The third-order valence-corrected chi connectivity index (χ3v) is 10.9. The maximum Gasteiger partial charge on any atom is 0.329 e. The number of aliphatic hydroxyl groups is 1. The zero-order chi connectivity index (χ0) is 43.1.